The first kappa shape index (κ1) is 26.7. The van der Waals surface area contributed by atoms with E-state index in [0.717, 1.165) is 59.3 Å². The van der Waals surface area contributed by atoms with Gasteiger partial charge in [0.2, 0.25) is 5.91 Å². The predicted octanol–water partition coefficient (Wildman–Crippen LogP) is 5.93. The number of rotatable bonds is 10. The SMILES string of the molecule is CCN(CC)CCCNC(=O)C(C)N1C(=O)c2ccccc2C1c1c(-c2ccc(C)cc2)[nH]c2ccccc12. The van der Waals surface area contributed by atoms with Crippen LogP contribution in [0.15, 0.2) is 72.8 Å². The standard InChI is InChI=1S/C33H38N4O2/c1-5-36(6-2)21-11-20-34-32(38)23(4)37-31(25-12-7-8-13-26(25)33(37)39)29-27-14-9-10-15-28(27)35-30(29)24-18-16-22(3)17-19-24/h7-10,12-19,23,31,35H,5-6,11,20-21H2,1-4H3,(H,34,38). The Morgan fingerprint density at radius 1 is 1.00 bits per heavy atom. The van der Waals surface area contributed by atoms with Crippen molar-refractivity contribution < 1.29 is 9.59 Å². The van der Waals surface area contributed by atoms with Gasteiger partial charge in [-0.2, -0.15) is 0 Å². The molecule has 0 aliphatic carbocycles. The van der Waals surface area contributed by atoms with Crippen LogP contribution in [0.4, 0.5) is 0 Å². The van der Waals surface area contributed by atoms with Gasteiger partial charge in [0, 0.05) is 28.6 Å². The van der Waals surface area contributed by atoms with Crippen molar-refractivity contribution in [3.8, 4) is 11.3 Å². The van der Waals surface area contributed by atoms with Gasteiger partial charge >= 0.3 is 0 Å². The van der Waals surface area contributed by atoms with Gasteiger partial charge < -0.3 is 20.1 Å². The van der Waals surface area contributed by atoms with E-state index in [4.69, 9.17) is 0 Å². The molecule has 2 heterocycles. The van der Waals surface area contributed by atoms with Crippen LogP contribution in [0.3, 0.4) is 0 Å². The van der Waals surface area contributed by atoms with Crippen molar-refractivity contribution in [1.29, 1.82) is 0 Å². The molecule has 4 aromatic rings. The lowest BCUT2D eigenvalue weighted by Crippen LogP contribution is -2.47. The van der Waals surface area contributed by atoms with Gasteiger partial charge in [-0.25, -0.2) is 0 Å². The third-order valence-corrected chi connectivity index (χ3v) is 8.00. The van der Waals surface area contributed by atoms with Crippen molar-refractivity contribution in [3.63, 3.8) is 0 Å². The zero-order chi connectivity index (χ0) is 27.5. The molecule has 3 aromatic carbocycles. The van der Waals surface area contributed by atoms with Crippen LogP contribution in [-0.2, 0) is 4.79 Å². The van der Waals surface area contributed by atoms with E-state index in [2.05, 4.69) is 72.4 Å². The largest absolute Gasteiger partial charge is 0.354 e. The number of carbonyl (C=O) groups is 2. The first-order valence-corrected chi connectivity index (χ1v) is 14.0. The molecular weight excluding hydrogens is 484 g/mol. The fraction of sp³-hybridized carbons (Fsp3) is 0.333. The Morgan fingerprint density at radius 2 is 1.69 bits per heavy atom. The lowest BCUT2D eigenvalue weighted by molar-refractivity contribution is -0.125. The van der Waals surface area contributed by atoms with Crippen LogP contribution in [-0.4, -0.2) is 58.8 Å². The summed E-state index contributed by atoms with van der Waals surface area (Å²) in [6.07, 6.45) is 0.873. The van der Waals surface area contributed by atoms with Crippen molar-refractivity contribution in [3.05, 3.63) is 95.1 Å². The molecule has 6 nitrogen and oxygen atoms in total. The Morgan fingerprint density at radius 3 is 2.44 bits per heavy atom. The van der Waals surface area contributed by atoms with Gasteiger partial charge in [0.1, 0.15) is 6.04 Å². The van der Waals surface area contributed by atoms with E-state index in [0.29, 0.717) is 12.1 Å². The highest BCUT2D eigenvalue weighted by Gasteiger charge is 2.44. The number of aryl methyl sites for hydroxylation is 1. The third-order valence-electron chi connectivity index (χ3n) is 8.00. The number of hydrogen-bond acceptors (Lipinski definition) is 3. The smallest absolute Gasteiger partial charge is 0.255 e. The Labute approximate surface area is 231 Å². The van der Waals surface area contributed by atoms with Gasteiger partial charge in [0.25, 0.3) is 5.91 Å². The van der Waals surface area contributed by atoms with Crippen molar-refractivity contribution in [2.24, 2.45) is 0 Å². The van der Waals surface area contributed by atoms with Gasteiger partial charge in [-0.05, 0) is 63.2 Å². The number of nitrogens with zero attached hydrogens (tertiary/aromatic N) is 2. The predicted molar refractivity (Wildman–Crippen MR) is 158 cm³/mol. The molecule has 5 rings (SSSR count). The Hall–Kier alpha value is -3.90. The number of fused-ring (bicyclic) bond motifs is 2. The summed E-state index contributed by atoms with van der Waals surface area (Å²) in [5.74, 6) is -0.237. The lowest BCUT2D eigenvalue weighted by atomic mass is 9.92. The fourth-order valence-corrected chi connectivity index (χ4v) is 5.75. The van der Waals surface area contributed by atoms with Crippen LogP contribution in [0.1, 0.15) is 60.3 Å². The topological polar surface area (TPSA) is 68.4 Å². The van der Waals surface area contributed by atoms with Gasteiger partial charge in [-0.3, -0.25) is 9.59 Å². The molecule has 1 aliphatic rings. The average molecular weight is 523 g/mol. The second kappa shape index (κ2) is 11.5. The van der Waals surface area contributed by atoms with Crippen LogP contribution in [0.5, 0.6) is 0 Å². The van der Waals surface area contributed by atoms with E-state index in [1.54, 1.807) is 4.90 Å². The highest BCUT2D eigenvalue weighted by Crippen LogP contribution is 2.46. The molecule has 2 unspecified atom stereocenters. The van der Waals surface area contributed by atoms with Crippen molar-refractivity contribution in [1.82, 2.24) is 20.1 Å². The molecular formula is C33H38N4O2. The molecule has 0 spiro atoms. The minimum Gasteiger partial charge on any atom is -0.354 e. The molecule has 202 valence electrons. The number of nitrogens with one attached hydrogen (secondary N) is 2. The Bertz CT molecular complexity index is 1470. The van der Waals surface area contributed by atoms with Gasteiger partial charge in [0.15, 0.2) is 0 Å². The summed E-state index contributed by atoms with van der Waals surface area (Å²) < 4.78 is 0. The van der Waals surface area contributed by atoms with Crippen LogP contribution in [0, 0.1) is 6.92 Å². The van der Waals surface area contributed by atoms with Crippen molar-refractivity contribution in [2.45, 2.75) is 46.2 Å². The van der Waals surface area contributed by atoms with Crippen LogP contribution in [0.25, 0.3) is 22.2 Å². The van der Waals surface area contributed by atoms with Crippen LogP contribution >= 0.6 is 0 Å². The van der Waals surface area contributed by atoms with Gasteiger partial charge in [0.05, 0.1) is 11.7 Å². The molecule has 0 saturated carbocycles. The van der Waals surface area contributed by atoms with Crippen molar-refractivity contribution in [2.75, 3.05) is 26.2 Å². The van der Waals surface area contributed by atoms with E-state index >= 15 is 0 Å². The number of amides is 2. The summed E-state index contributed by atoms with van der Waals surface area (Å²) in [6.45, 7) is 11.7. The molecule has 39 heavy (non-hydrogen) atoms. The van der Waals surface area contributed by atoms with Gasteiger partial charge in [-0.1, -0.05) is 80.1 Å². The third kappa shape index (κ3) is 5.09. The molecule has 0 bridgehead atoms. The monoisotopic (exact) mass is 522 g/mol. The zero-order valence-electron chi connectivity index (χ0n) is 23.3. The minimum atomic E-state index is -0.636. The second-order valence-electron chi connectivity index (χ2n) is 10.4. The van der Waals surface area contributed by atoms with E-state index in [9.17, 15) is 9.59 Å². The highest BCUT2D eigenvalue weighted by molar-refractivity contribution is 6.04. The summed E-state index contributed by atoms with van der Waals surface area (Å²) in [7, 11) is 0. The van der Waals surface area contributed by atoms with Gasteiger partial charge in [-0.15, -0.1) is 0 Å². The number of para-hydroxylation sites is 1. The number of benzene rings is 3. The maximum absolute atomic E-state index is 13.9. The molecule has 2 amide bonds. The second-order valence-corrected chi connectivity index (χ2v) is 10.4. The summed E-state index contributed by atoms with van der Waals surface area (Å²) in [5.41, 5.74) is 6.83. The minimum absolute atomic E-state index is 0.110. The molecule has 0 radical (unpaired) electrons. The molecule has 2 N–H and O–H groups in total. The highest BCUT2D eigenvalue weighted by atomic mass is 16.2. The quantitative estimate of drug-likeness (QED) is 0.254. The molecule has 0 saturated heterocycles. The summed E-state index contributed by atoms with van der Waals surface area (Å²) in [6, 6.07) is 23.4. The maximum Gasteiger partial charge on any atom is 0.255 e. The molecule has 0 fully saturated rings. The number of hydrogen-bond donors (Lipinski definition) is 2. The molecule has 1 aliphatic heterocycles. The molecule has 6 heteroatoms. The van der Waals surface area contributed by atoms with E-state index in [-0.39, 0.29) is 11.8 Å². The van der Waals surface area contributed by atoms with Crippen LogP contribution in [0.2, 0.25) is 0 Å². The molecule has 1 aromatic heterocycles. The summed E-state index contributed by atoms with van der Waals surface area (Å²) in [4.78, 5) is 35.1. The van der Waals surface area contributed by atoms with E-state index in [1.165, 1.54) is 5.56 Å². The first-order valence-electron chi connectivity index (χ1n) is 14.0. The van der Waals surface area contributed by atoms with E-state index in [1.807, 2.05) is 43.3 Å². The lowest BCUT2D eigenvalue weighted by Gasteiger charge is -2.31. The average Bonchev–Trinajstić information content (AvgIpc) is 3.48. The number of carbonyl (C=O) groups excluding carboxylic acids is 2. The maximum atomic E-state index is 13.9. The zero-order valence-corrected chi connectivity index (χ0v) is 23.3. The molecule has 2 atom stereocenters. The van der Waals surface area contributed by atoms with Crippen molar-refractivity contribution >= 4 is 22.7 Å². The van der Waals surface area contributed by atoms with E-state index < -0.39 is 12.1 Å². The Kier molecular flexibility index (Phi) is 7.84. The number of aromatic nitrogens is 1. The summed E-state index contributed by atoms with van der Waals surface area (Å²) in [5, 5.41) is 4.15. The normalized spacial score (nSPS) is 15.7. The number of aromatic amines is 1. The number of H-pyrrole nitrogens is 1. The first-order chi connectivity index (χ1) is 18.9. The Balaban J connectivity index is 1.54. The van der Waals surface area contributed by atoms with Crippen LogP contribution < -0.4 is 5.32 Å². The summed E-state index contributed by atoms with van der Waals surface area (Å²) >= 11 is 0. The fourth-order valence-electron chi connectivity index (χ4n) is 5.75.